The minimum Gasteiger partial charge on any atom is -0.353 e. The Hall–Kier alpha value is -1.89. The molecular formula is C13H15ClN4O3. The van der Waals surface area contributed by atoms with E-state index < -0.39 is 4.92 Å². The van der Waals surface area contributed by atoms with Crippen LogP contribution in [0.2, 0.25) is 5.15 Å². The van der Waals surface area contributed by atoms with Crippen molar-refractivity contribution in [3.8, 4) is 0 Å². The molecular weight excluding hydrogens is 296 g/mol. The number of carbonyl (C=O) groups excluding carboxylic acids is 1. The van der Waals surface area contributed by atoms with Gasteiger partial charge in [-0.1, -0.05) is 11.6 Å². The van der Waals surface area contributed by atoms with Crippen LogP contribution in [0.1, 0.15) is 19.3 Å². The highest BCUT2D eigenvalue weighted by Gasteiger charge is 2.36. The molecule has 2 atom stereocenters. The number of rotatable bonds is 2. The second-order valence-corrected chi connectivity index (χ2v) is 5.83. The van der Waals surface area contributed by atoms with Crippen LogP contribution in [0.5, 0.6) is 0 Å². The van der Waals surface area contributed by atoms with E-state index in [1.807, 2.05) is 4.90 Å². The Morgan fingerprint density at radius 3 is 3.00 bits per heavy atom. The second kappa shape index (κ2) is 5.48. The Bertz CT molecular complexity index is 595. The van der Waals surface area contributed by atoms with Gasteiger partial charge in [0.25, 0.3) is 0 Å². The van der Waals surface area contributed by atoms with E-state index in [-0.39, 0.29) is 22.8 Å². The fourth-order valence-corrected chi connectivity index (χ4v) is 3.24. The van der Waals surface area contributed by atoms with E-state index in [0.717, 1.165) is 12.8 Å². The van der Waals surface area contributed by atoms with Gasteiger partial charge in [-0.05, 0) is 24.8 Å². The molecule has 1 aromatic heterocycles. The van der Waals surface area contributed by atoms with Crippen molar-refractivity contribution in [1.82, 2.24) is 10.3 Å². The monoisotopic (exact) mass is 310 g/mol. The van der Waals surface area contributed by atoms with Crippen LogP contribution in [0.15, 0.2) is 12.1 Å². The normalized spacial score (nSPS) is 25.2. The maximum absolute atomic E-state index is 11.4. The lowest BCUT2D eigenvalue weighted by Crippen LogP contribution is -2.54. The van der Waals surface area contributed by atoms with E-state index in [2.05, 4.69) is 10.3 Å². The highest BCUT2D eigenvalue weighted by molar-refractivity contribution is 6.29. The van der Waals surface area contributed by atoms with Crippen LogP contribution in [-0.2, 0) is 4.79 Å². The summed E-state index contributed by atoms with van der Waals surface area (Å²) >= 11 is 5.88. The number of nitro groups is 1. The third-order valence-electron chi connectivity index (χ3n) is 4.14. The Kier molecular flexibility index (Phi) is 3.67. The van der Waals surface area contributed by atoms with E-state index in [4.69, 9.17) is 11.6 Å². The molecule has 112 valence electrons. The number of aromatic nitrogens is 1. The first-order chi connectivity index (χ1) is 10.0. The van der Waals surface area contributed by atoms with Gasteiger partial charge in [-0.2, -0.15) is 0 Å². The number of anilines is 1. The van der Waals surface area contributed by atoms with E-state index >= 15 is 0 Å². The van der Waals surface area contributed by atoms with E-state index in [1.54, 1.807) is 0 Å². The molecule has 2 unspecified atom stereocenters. The van der Waals surface area contributed by atoms with Gasteiger partial charge in [0.2, 0.25) is 11.7 Å². The zero-order valence-corrected chi connectivity index (χ0v) is 12.0. The van der Waals surface area contributed by atoms with Gasteiger partial charge in [0.15, 0.2) is 0 Å². The molecule has 0 radical (unpaired) electrons. The number of hydrogen-bond donors (Lipinski definition) is 1. The Morgan fingerprint density at radius 2 is 2.24 bits per heavy atom. The summed E-state index contributed by atoms with van der Waals surface area (Å²) in [4.78, 5) is 28.2. The Labute approximate surface area is 126 Å². The van der Waals surface area contributed by atoms with Crippen molar-refractivity contribution in [1.29, 1.82) is 0 Å². The maximum atomic E-state index is 11.4. The zero-order chi connectivity index (χ0) is 15.0. The van der Waals surface area contributed by atoms with Crippen molar-refractivity contribution >= 4 is 29.0 Å². The first-order valence-electron chi connectivity index (χ1n) is 6.90. The number of hydrogen-bond acceptors (Lipinski definition) is 5. The molecule has 1 aromatic rings. The lowest BCUT2D eigenvalue weighted by Gasteiger charge is -2.41. The standard InChI is InChI=1S/C13H15ClN4O3/c14-11-3-2-10(18(20)21)13(16-11)17-6-5-9-8(7-17)1-4-12(19)15-9/h2-3,8-9H,1,4-7H2,(H,15,19). The van der Waals surface area contributed by atoms with E-state index in [9.17, 15) is 14.9 Å². The fraction of sp³-hybridized carbons (Fsp3) is 0.538. The van der Waals surface area contributed by atoms with Crippen molar-refractivity contribution in [2.45, 2.75) is 25.3 Å². The summed E-state index contributed by atoms with van der Waals surface area (Å²) in [5.41, 5.74) is -0.0299. The number of fused-ring (bicyclic) bond motifs is 1. The summed E-state index contributed by atoms with van der Waals surface area (Å²) in [5, 5.41) is 14.4. The first kappa shape index (κ1) is 14.1. The number of amides is 1. The van der Waals surface area contributed by atoms with Gasteiger partial charge in [0.1, 0.15) is 5.15 Å². The first-order valence-corrected chi connectivity index (χ1v) is 7.27. The minimum atomic E-state index is -0.437. The molecule has 3 heterocycles. The lowest BCUT2D eigenvalue weighted by molar-refractivity contribution is -0.384. The second-order valence-electron chi connectivity index (χ2n) is 5.44. The van der Waals surface area contributed by atoms with Gasteiger partial charge < -0.3 is 10.2 Å². The predicted octanol–water partition coefficient (Wildman–Crippen LogP) is 1.75. The van der Waals surface area contributed by atoms with Crippen LogP contribution in [0.25, 0.3) is 0 Å². The smallest absolute Gasteiger partial charge is 0.311 e. The maximum Gasteiger partial charge on any atom is 0.311 e. The highest BCUT2D eigenvalue weighted by atomic mass is 35.5. The van der Waals surface area contributed by atoms with Gasteiger partial charge in [-0.3, -0.25) is 14.9 Å². The number of nitrogens with zero attached hydrogens (tertiary/aromatic N) is 3. The number of nitrogens with one attached hydrogen (secondary N) is 1. The molecule has 0 spiro atoms. The van der Waals surface area contributed by atoms with Crippen molar-refractivity contribution in [2.75, 3.05) is 18.0 Å². The molecule has 2 saturated heterocycles. The molecule has 2 aliphatic rings. The fourth-order valence-electron chi connectivity index (χ4n) is 3.10. The topological polar surface area (TPSA) is 88.4 Å². The lowest BCUT2D eigenvalue weighted by atomic mass is 9.85. The number of piperidine rings is 2. The van der Waals surface area contributed by atoms with Crippen LogP contribution in [-0.4, -0.2) is 34.9 Å². The van der Waals surface area contributed by atoms with Gasteiger partial charge >= 0.3 is 5.69 Å². The van der Waals surface area contributed by atoms with Gasteiger partial charge in [-0.15, -0.1) is 0 Å². The SMILES string of the molecule is O=C1CCC2CN(c3nc(Cl)ccc3[N+](=O)[O-])CCC2N1. The molecule has 0 aromatic carbocycles. The van der Waals surface area contributed by atoms with Gasteiger partial charge in [-0.25, -0.2) is 4.98 Å². The largest absolute Gasteiger partial charge is 0.353 e. The van der Waals surface area contributed by atoms with Crippen LogP contribution >= 0.6 is 11.6 Å². The summed E-state index contributed by atoms with van der Waals surface area (Å²) in [7, 11) is 0. The number of carbonyl (C=O) groups is 1. The number of halogens is 1. The molecule has 0 aliphatic carbocycles. The third-order valence-corrected chi connectivity index (χ3v) is 4.35. The van der Waals surface area contributed by atoms with Crippen LogP contribution in [0.3, 0.4) is 0 Å². The molecule has 1 amide bonds. The molecule has 8 heteroatoms. The summed E-state index contributed by atoms with van der Waals surface area (Å²) in [6.45, 7) is 1.27. The molecule has 3 rings (SSSR count). The average Bonchev–Trinajstić information content (AvgIpc) is 2.46. The van der Waals surface area contributed by atoms with Crippen molar-refractivity contribution < 1.29 is 9.72 Å². The predicted molar refractivity (Wildman–Crippen MR) is 77.4 cm³/mol. The summed E-state index contributed by atoms with van der Waals surface area (Å²) < 4.78 is 0. The average molecular weight is 311 g/mol. The molecule has 2 fully saturated rings. The van der Waals surface area contributed by atoms with Gasteiger partial charge in [0.05, 0.1) is 4.92 Å². The van der Waals surface area contributed by atoms with Crippen LogP contribution in [0.4, 0.5) is 11.5 Å². The Morgan fingerprint density at radius 1 is 1.43 bits per heavy atom. The van der Waals surface area contributed by atoms with E-state index in [0.29, 0.717) is 31.2 Å². The zero-order valence-electron chi connectivity index (χ0n) is 11.3. The molecule has 0 saturated carbocycles. The molecule has 0 bridgehead atoms. The Balaban J connectivity index is 1.84. The van der Waals surface area contributed by atoms with Crippen molar-refractivity contribution in [2.24, 2.45) is 5.92 Å². The number of pyridine rings is 1. The van der Waals surface area contributed by atoms with Gasteiger partial charge in [0, 0.05) is 31.6 Å². The minimum absolute atomic E-state index is 0.0299. The van der Waals surface area contributed by atoms with Crippen LogP contribution < -0.4 is 10.2 Å². The summed E-state index contributed by atoms with van der Waals surface area (Å²) in [6.07, 6.45) is 2.09. The van der Waals surface area contributed by atoms with E-state index in [1.165, 1.54) is 12.1 Å². The quantitative estimate of drug-likeness (QED) is 0.511. The third kappa shape index (κ3) is 2.78. The molecule has 1 N–H and O–H groups in total. The summed E-state index contributed by atoms with van der Waals surface area (Å²) in [6, 6.07) is 2.98. The van der Waals surface area contributed by atoms with Crippen LogP contribution in [0, 0.1) is 16.0 Å². The van der Waals surface area contributed by atoms with Crippen molar-refractivity contribution in [3.05, 3.63) is 27.4 Å². The summed E-state index contributed by atoms with van der Waals surface area (Å²) in [5.74, 6) is 0.719. The van der Waals surface area contributed by atoms with Crippen molar-refractivity contribution in [3.63, 3.8) is 0 Å². The molecule has 2 aliphatic heterocycles. The molecule has 7 nitrogen and oxygen atoms in total. The highest BCUT2D eigenvalue weighted by Crippen LogP contribution is 2.33. The molecule has 21 heavy (non-hydrogen) atoms.